The highest BCUT2D eigenvalue weighted by Gasteiger charge is 2.33. The average molecular weight is 545 g/mol. The maximum atomic E-state index is 13.6. The number of fused-ring (bicyclic) bond motifs is 3. The van der Waals surface area contributed by atoms with Gasteiger partial charge < -0.3 is 10.1 Å². The van der Waals surface area contributed by atoms with Crippen LogP contribution in [-0.2, 0) is 35.3 Å². The van der Waals surface area contributed by atoms with Crippen molar-refractivity contribution >= 4 is 39.1 Å². The molecular formula is C31H36N4O3S. The smallest absolute Gasteiger partial charge is 0.339 e. The highest BCUT2D eigenvalue weighted by Crippen LogP contribution is 2.44. The van der Waals surface area contributed by atoms with Gasteiger partial charge >= 0.3 is 5.97 Å². The minimum atomic E-state index is -1.03. The molecule has 2 aromatic heterocycles. The van der Waals surface area contributed by atoms with Crippen LogP contribution in [0.25, 0.3) is 10.9 Å². The number of hydrogen-bond acceptors (Lipinski definition) is 7. The number of ether oxygens (including phenoxy) is 1. The largest absolute Gasteiger partial charge is 0.449 e. The first-order chi connectivity index (χ1) is 18.6. The number of carbonyl (C=O) groups is 2. The van der Waals surface area contributed by atoms with E-state index in [1.165, 1.54) is 16.2 Å². The number of nitrogens with one attached hydrogen (secondary N) is 1. The maximum absolute atomic E-state index is 13.6. The Labute approximate surface area is 234 Å². The van der Waals surface area contributed by atoms with Gasteiger partial charge in [-0.3, -0.25) is 14.7 Å². The molecule has 1 aliphatic carbocycles. The highest BCUT2D eigenvalue weighted by molar-refractivity contribution is 7.16. The Bertz CT molecular complexity index is 1480. The second-order valence-electron chi connectivity index (χ2n) is 11.7. The van der Waals surface area contributed by atoms with E-state index in [9.17, 15) is 14.9 Å². The van der Waals surface area contributed by atoms with E-state index in [4.69, 9.17) is 9.72 Å². The van der Waals surface area contributed by atoms with Gasteiger partial charge in [-0.25, -0.2) is 4.79 Å². The zero-order valence-corrected chi connectivity index (χ0v) is 24.2. The van der Waals surface area contributed by atoms with Crippen LogP contribution >= 0.6 is 11.3 Å². The Morgan fingerprint density at radius 1 is 1.26 bits per heavy atom. The van der Waals surface area contributed by atoms with Crippen molar-refractivity contribution in [1.29, 1.82) is 5.26 Å². The molecule has 0 saturated heterocycles. The van der Waals surface area contributed by atoms with Gasteiger partial charge in [0.25, 0.3) is 5.91 Å². The predicted molar refractivity (Wildman–Crippen MR) is 154 cm³/mol. The SMILES string of the molecule is CCN1CCc2nc3ccccc3c(C(=O)OC(C)C(=O)Nc3sc4c(c3C#N)CCC(C(C)(C)C)C4)c2C1. The summed E-state index contributed by atoms with van der Waals surface area (Å²) >= 11 is 1.48. The Hall–Kier alpha value is -3.28. The number of likely N-dealkylation sites (N-methyl/N-ethyl adjacent to an activating group) is 1. The van der Waals surface area contributed by atoms with Crippen molar-refractivity contribution in [1.82, 2.24) is 9.88 Å². The molecule has 5 rings (SSSR count). The third-order valence-electron chi connectivity index (χ3n) is 8.27. The number of esters is 1. The predicted octanol–water partition coefficient (Wildman–Crippen LogP) is 5.88. The van der Waals surface area contributed by atoms with Gasteiger partial charge in [0.1, 0.15) is 11.1 Å². The number of nitriles is 1. The molecule has 1 aliphatic heterocycles. The molecule has 1 amide bonds. The summed E-state index contributed by atoms with van der Waals surface area (Å²) in [6, 6.07) is 9.89. The number of hydrogen-bond donors (Lipinski definition) is 1. The van der Waals surface area contributed by atoms with Crippen molar-refractivity contribution in [3.05, 3.63) is 57.1 Å². The van der Waals surface area contributed by atoms with Crippen LogP contribution in [-0.4, -0.2) is 41.0 Å². The summed E-state index contributed by atoms with van der Waals surface area (Å²) in [5.74, 6) is -0.430. The number of amides is 1. The van der Waals surface area contributed by atoms with E-state index in [0.29, 0.717) is 28.6 Å². The van der Waals surface area contributed by atoms with E-state index in [1.807, 2.05) is 24.3 Å². The third-order valence-corrected chi connectivity index (χ3v) is 9.44. The normalized spacial score (nSPS) is 18.1. The maximum Gasteiger partial charge on any atom is 0.339 e. The summed E-state index contributed by atoms with van der Waals surface area (Å²) in [4.78, 5) is 35.1. The molecule has 39 heavy (non-hydrogen) atoms. The van der Waals surface area contributed by atoms with Crippen LogP contribution in [0.2, 0.25) is 0 Å². The van der Waals surface area contributed by atoms with E-state index < -0.39 is 18.0 Å². The fraction of sp³-hybridized carbons (Fsp3) is 0.484. The number of para-hydroxylation sites is 1. The van der Waals surface area contributed by atoms with Crippen LogP contribution in [0.5, 0.6) is 0 Å². The fourth-order valence-electron chi connectivity index (χ4n) is 5.77. The van der Waals surface area contributed by atoms with Gasteiger partial charge in [-0.15, -0.1) is 11.3 Å². The Balaban J connectivity index is 1.37. The zero-order valence-electron chi connectivity index (χ0n) is 23.4. The van der Waals surface area contributed by atoms with Crippen LogP contribution < -0.4 is 5.32 Å². The molecule has 0 spiro atoms. The molecule has 3 aromatic rings. The molecule has 1 aromatic carbocycles. The second-order valence-corrected chi connectivity index (χ2v) is 12.8. The number of benzene rings is 1. The van der Waals surface area contributed by atoms with Crippen LogP contribution in [0.3, 0.4) is 0 Å². The first-order valence-corrected chi connectivity index (χ1v) is 14.6. The molecule has 0 bridgehead atoms. The number of nitrogens with zero attached hydrogens (tertiary/aromatic N) is 3. The first-order valence-electron chi connectivity index (χ1n) is 13.8. The van der Waals surface area contributed by atoms with Crippen LogP contribution in [0, 0.1) is 22.7 Å². The second kappa shape index (κ2) is 10.7. The van der Waals surface area contributed by atoms with Crippen molar-refractivity contribution in [2.75, 3.05) is 18.4 Å². The van der Waals surface area contributed by atoms with Crippen LogP contribution in [0.15, 0.2) is 24.3 Å². The monoisotopic (exact) mass is 544 g/mol. The molecule has 0 saturated carbocycles. The molecule has 2 atom stereocenters. The number of rotatable bonds is 5. The van der Waals surface area contributed by atoms with Gasteiger partial charge in [-0.1, -0.05) is 45.9 Å². The molecule has 0 radical (unpaired) electrons. The molecule has 2 unspecified atom stereocenters. The van der Waals surface area contributed by atoms with Crippen molar-refractivity contribution < 1.29 is 14.3 Å². The standard InChI is InChI=1S/C31H36N4O3S/c1-6-35-14-13-25-23(17-35)27(21-9-7-8-10-24(21)33-25)30(37)38-18(2)28(36)34-29-22(16-32)20-12-11-19(31(3,4)5)15-26(20)39-29/h7-10,18-19H,6,11-15,17H2,1-5H3,(H,34,36). The fourth-order valence-corrected chi connectivity index (χ4v) is 7.05. The quantitative estimate of drug-likeness (QED) is 0.403. The van der Waals surface area contributed by atoms with Crippen LogP contribution in [0.1, 0.15) is 78.7 Å². The lowest BCUT2D eigenvalue weighted by Gasteiger charge is -2.33. The minimum Gasteiger partial charge on any atom is -0.449 e. The summed E-state index contributed by atoms with van der Waals surface area (Å²) in [7, 11) is 0. The van der Waals surface area contributed by atoms with Crippen LogP contribution in [0.4, 0.5) is 5.00 Å². The van der Waals surface area contributed by atoms with E-state index in [-0.39, 0.29) is 5.41 Å². The van der Waals surface area contributed by atoms with Gasteiger partial charge in [0.2, 0.25) is 0 Å². The van der Waals surface area contributed by atoms with Gasteiger partial charge in [-0.2, -0.15) is 5.26 Å². The highest BCUT2D eigenvalue weighted by atomic mass is 32.1. The molecule has 3 heterocycles. The number of carbonyl (C=O) groups excluding carboxylic acids is 2. The van der Waals surface area contributed by atoms with Crippen molar-refractivity contribution in [2.24, 2.45) is 11.3 Å². The molecule has 7 nitrogen and oxygen atoms in total. The number of pyridine rings is 1. The lowest BCUT2D eigenvalue weighted by Crippen LogP contribution is -2.34. The van der Waals surface area contributed by atoms with E-state index >= 15 is 0 Å². The van der Waals surface area contributed by atoms with Crippen molar-refractivity contribution in [3.8, 4) is 6.07 Å². The first kappa shape index (κ1) is 27.3. The summed E-state index contributed by atoms with van der Waals surface area (Å²) in [6.45, 7) is 12.8. The Kier molecular flexibility index (Phi) is 7.49. The average Bonchev–Trinajstić information content (AvgIpc) is 3.26. The van der Waals surface area contributed by atoms with E-state index in [2.05, 4.69) is 44.0 Å². The molecule has 8 heteroatoms. The van der Waals surface area contributed by atoms with Gasteiger partial charge in [0.15, 0.2) is 6.10 Å². The zero-order chi connectivity index (χ0) is 27.9. The summed E-state index contributed by atoms with van der Waals surface area (Å²) in [6.07, 6.45) is 2.52. The molecular weight excluding hydrogens is 508 g/mol. The number of anilines is 1. The molecule has 2 aliphatic rings. The molecule has 1 N–H and O–H groups in total. The lowest BCUT2D eigenvalue weighted by molar-refractivity contribution is -0.123. The van der Waals surface area contributed by atoms with Gasteiger partial charge in [0.05, 0.1) is 16.6 Å². The summed E-state index contributed by atoms with van der Waals surface area (Å²) in [5, 5.41) is 14.1. The van der Waals surface area contributed by atoms with E-state index in [0.717, 1.165) is 66.5 Å². The van der Waals surface area contributed by atoms with Crippen molar-refractivity contribution in [2.45, 2.75) is 73.0 Å². The molecule has 0 fully saturated rings. The third kappa shape index (κ3) is 5.30. The summed E-state index contributed by atoms with van der Waals surface area (Å²) in [5.41, 5.74) is 4.82. The number of aromatic nitrogens is 1. The van der Waals surface area contributed by atoms with Gasteiger partial charge in [0, 0.05) is 41.0 Å². The summed E-state index contributed by atoms with van der Waals surface area (Å²) < 4.78 is 5.78. The van der Waals surface area contributed by atoms with Gasteiger partial charge in [-0.05, 0) is 55.7 Å². The topological polar surface area (TPSA) is 95.3 Å². The Morgan fingerprint density at radius 2 is 2.03 bits per heavy atom. The lowest BCUT2D eigenvalue weighted by atomic mass is 9.72. The number of thiophene rings is 1. The van der Waals surface area contributed by atoms with E-state index in [1.54, 1.807) is 6.92 Å². The van der Waals surface area contributed by atoms with Crippen molar-refractivity contribution in [3.63, 3.8) is 0 Å². The Morgan fingerprint density at radius 3 is 2.74 bits per heavy atom. The molecule has 204 valence electrons. The minimum absolute atomic E-state index is 0.186.